The Labute approximate surface area is 93.9 Å². The highest BCUT2D eigenvalue weighted by atomic mass is 32.1. The number of rotatable bonds is 5. The second kappa shape index (κ2) is 5.16. The van der Waals surface area contributed by atoms with Crippen molar-refractivity contribution in [3.8, 4) is 0 Å². The molecule has 0 saturated heterocycles. The quantitative estimate of drug-likeness (QED) is 0.760. The number of unbranched alkanes of at least 4 members (excludes halogenated alkanes) is 2. The Morgan fingerprint density at radius 1 is 1.47 bits per heavy atom. The number of aryl methyl sites for hydroxylation is 1. The largest absolute Gasteiger partial charge is 0.478 e. The fourth-order valence-corrected chi connectivity index (χ4v) is 2.66. The molecule has 0 saturated carbocycles. The molecule has 0 spiro atoms. The monoisotopic (exact) mass is 227 g/mol. The topological polar surface area (TPSA) is 63.3 Å². The Bertz CT molecular complexity index is 358. The van der Waals surface area contributed by atoms with Crippen molar-refractivity contribution in [2.24, 2.45) is 0 Å². The molecule has 1 aromatic heterocycles. The first-order valence-electron chi connectivity index (χ1n) is 5.19. The van der Waals surface area contributed by atoms with E-state index in [1.54, 1.807) is 0 Å². The van der Waals surface area contributed by atoms with Gasteiger partial charge in [-0.05, 0) is 25.3 Å². The van der Waals surface area contributed by atoms with Crippen LogP contribution in [0.1, 0.15) is 47.0 Å². The average Bonchev–Trinajstić information content (AvgIpc) is 2.42. The summed E-state index contributed by atoms with van der Waals surface area (Å²) in [6, 6.07) is 0. The van der Waals surface area contributed by atoms with Crippen molar-refractivity contribution in [3.63, 3.8) is 0 Å². The summed E-state index contributed by atoms with van der Waals surface area (Å²) < 4.78 is 0. The second-order valence-corrected chi connectivity index (χ2v) is 4.89. The molecule has 15 heavy (non-hydrogen) atoms. The molecule has 3 nitrogen and oxygen atoms in total. The maximum absolute atomic E-state index is 11.0. The third kappa shape index (κ3) is 2.72. The normalized spacial score (nSPS) is 10.5. The number of carboxylic acid groups (broad SMARTS) is 1. The zero-order valence-electron chi connectivity index (χ0n) is 9.17. The van der Waals surface area contributed by atoms with Crippen molar-refractivity contribution in [2.75, 3.05) is 5.73 Å². The van der Waals surface area contributed by atoms with Gasteiger partial charge < -0.3 is 10.8 Å². The molecule has 0 fully saturated rings. The highest BCUT2D eigenvalue weighted by Gasteiger charge is 2.18. The minimum absolute atomic E-state index is 0.327. The smallest absolute Gasteiger partial charge is 0.338 e. The first-order valence-corrected chi connectivity index (χ1v) is 6.00. The van der Waals surface area contributed by atoms with Crippen LogP contribution < -0.4 is 5.73 Å². The highest BCUT2D eigenvalue weighted by molar-refractivity contribution is 7.16. The van der Waals surface area contributed by atoms with Gasteiger partial charge in [-0.1, -0.05) is 19.8 Å². The van der Waals surface area contributed by atoms with E-state index in [9.17, 15) is 4.79 Å². The first-order chi connectivity index (χ1) is 7.07. The summed E-state index contributed by atoms with van der Waals surface area (Å²) in [6.45, 7) is 4.07. The molecular formula is C11H17NO2S. The van der Waals surface area contributed by atoms with Crippen LogP contribution in [0, 0.1) is 6.92 Å². The van der Waals surface area contributed by atoms with Crippen LogP contribution in [0.15, 0.2) is 0 Å². The van der Waals surface area contributed by atoms with Crippen molar-refractivity contribution in [1.82, 2.24) is 0 Å². The molecule has 0 radical (unpaired) electrons. The Hall–Kier alpha value is -1.03. The van der Waals surface area contributed by atoms with E-state index in [1.165, 1.54) is 11.3 Å². The summed E-state index contributed by atoms with van der Waals surface area (Å²) in [7, 11) is 0. The zero-order chi connectivity index (χ0) is 11.4. The van der Waals surface area contributed by atoms with Crippen LogP contribution in [0.25, 0.3) is 0 Å². The Kier molecular flexibility index (Phi) is 4.15. The van der Waals surface area contributed by atoms with Crippen LogP contribution in [0.2, 0.25) is 0 Å². The van der Waals surface area contributed by atoms with Crippen molar-refractivity contribution >= 4 is 22.3 Å². The number of thiophene rings is 1. The number of hydrogen-bond donors (Lipinski definition) is 2. The van der Waals surface area contributed by atoms with Gasteiger partial charge >= 0.3 is 5.97 Å². The van der Waals surface area contributed by atoms with Crippen molar-refractivity contribution < 1.29 is 9.90 Å². The number of carbonyl (C=O) groups is 1. The lowest BCUT2D eigenvalue weighted by Gasteiger charge is -2.02. The summed E-state index contributed by atoms with van der Waals surface area (Å²) >= 11 is 1.38. The van der Waals surface area contributed by atoms with Gasteiger partial charge in [0.25, 0.3) is 0 Å². The van der Waals surface area contributed by atoms with Gasteiger partial charge in [-0.15, -0.1) is 11.3 Å². The number of nitrogen functional groups attached to an aromatic ring is 1. The molecule has 0 unspecified atom stereocenters. The van der Waals surface area contributed by atoms with E-state index in [0.29, 0.717) is 10.6 Å². The fourth-order valence-electron chi connectivity index (χ4n) is 1.69. The molecule has 4 heteroatoms. The maximum Gasteiger partial charge on any atom is 0.338 e. The molecular weight excluding hydrogens is 210 g/mol. The number of aromatic carboxylic acids is 1. The maximum atomic E-state index is 11.0. The molecule has 0 bridgehead atoms. The standard InChI is InChI=1S/C11H17NO2S/c1-3-4-5-6-8-7(2)15-10(12)9(8)11(13)14/h3-6,12H2,1-2H3,(H,13,14). The van der Waals surface area contributed by atoms with Gasteiger partial charge in [-0.3, -0.25) is 0 Å². The van der Waals surface area contributed by atoms with Crippen LogP contribution in [-0.4, -0.2) is 11.1 Å². The molecule has 0 aliphatic carbocycles. The van der Waals surface area contributed by atoms with Crippen LogP contribution >= 0.6 is 11.3 Å². The predicted molar refractivity (Wildman–Crippen MR) is 63.7 cm³/mol. The van der Waals surface area contributed by atoms with Crippen LogP contribution in [0.3, 0.4) is 0 Å². The van der Waals surface area contributed by atoms with Gasteiger partial charge in [-0.2, -0.15) is 0 Å². The molecule has 1 rings (SSSR count). The lowest BCUT2D eigenvalue weighted by atomic mass is 10.0. The molecule has 0 atom stereocenters. The molecule has 0 aromatic carbocycles. The zero-order valence-corrected chi connectivity index (χ0v) is 9.99. The van der Waals surface area contributed by atoms with Crippen molar-refractivity contribution in [1.29, 1.82) is 0 Å². The van der Waals surface area contributed by atoms with E-state index in [0.717, 1.165) is 36.1 Å². The van der Waals surface area contributed by atoms with Gasteiger partial charge in [0, 0.05) is 4.88 Å². The fraction of sp³-hybridized carbons (Fsp3) is 0.545. The van der Waals surface area contributed by atoms with E-state index in [2.05, 4.69) is 6.92 Å². The summed E-state index contributed by atoms with van der Waals surface area (Å²) in [5, 5.41) is 9.48. The van der Waals surface area contributed by atoms with E-state index in [4.69, 9.17) is 10.8 Å². The predicted octanol–water partition coefficient (Wildman–Crippen LogP) is 3.07. The van der Waals surface area contributed by atoms with Crippen LogP contribution in [-0.2, 0) is 6.42 Å². The minimum Gasteiger partial charge on any atom is -0.478 e. The lowest BCUT2D eigenvalue weighted by molar-refractivity contribution is 0.0697. The van der Waals surface area contributed by atoms with Gasteiger partial charge in [0.2, 0.25) is 0 Å². The van der Waals surface area contributed by atoms with Crippen molar-refractivity contribution in [3.05, 3.63) is 16.0 Å². The Balaban J connectivity index is 2.89. The molecule has 1 heterocycles. The second-order valence-electron chi connectivity index (χ2n) is 3.64. The molecule has 84 valence electrons. The van der Waals surface area contributed by atoms with Gasteiger partial charge in [0.1, 0.15) is 5.00 Å². The number of nitrogens with two attached hydrogens (primary N) is 1. The molecule has 0 amide bonds. The number of anilines is 1. The van der Waals surface area contributed by atoms with Gasteiger partial charge in [0.05, 0.1) is 5.56 Å². The lowest BCUT2D eigenvalue weighted by Crippen LogP contribution is -2.03. The van der Waals surface area contributed by atoms with E-state index in [-0.39, 0.29) is 0 Å². The van der Waals surface area contributed by atoms with E-state index < -0.39 is 5.97 Å². The molecule has 0 aliphatic heterocycles. The van der Waals surface area contributed by atoms with E-state index in [1.807, 2.05) is 6.92 Å². The number of carboxylic acids is 1. The third-order valence-corrected chi connectivity index (χ3v) is 3.46. The first kappa shape index (κ1) is 12.0. The van der Waals surface area contributed by atoms with Gasteiger partial charge in [0.15, 0.2) is 0 Å². The molecule has 3 N–H and O–H groups in total. The minimum atomic E-state index is -0.900. The Morgan fingerprint density at radius 2 is 2.13 bits per heavy atom. The third-order valence-electron chi connectivity index (χ3n) is 2.48. The Morgan fingerprint density at radius 3 is 2.67 bits per heavy atom. The summed E-state index contributed by atoms with van der Waals surface area (Å²) in [5.41, 5.74) is 6.94. The number of hydrogen-bond acceptors (Lipinski definition) is 3. The summed E-state index contributed by atoms with van der Waals surface area (Å²) in [4.78, 5) is 12.1. The highest BCUT2D eigenvalue weighted by Crippen LogP contribution is 2.31. The average molecular weight is 227 g/mol. The van der Waals surface area contributed by atoms with E-state index >= 15 is 0 Å². The summed E-state index contributed by atoms with van der Waals surface area (Å²) in [6.07, 6.45) is 4.14. The van der Waals surface area contributed by atoms with Crippen molar-refractivity contribution in [2.45, 2.75) is 39.5 Å². The summed E-state index contributed by atoms with van der Waals surface area (Å²) in [5.74, 6) is -0.900. The molecule has 1 aromatic rings. The van der Waals surface area contributed by atoms with Crippen LogP contribution in [0.5, 0.6) is 0 Å². The molecule has 0 aliphatic rings. The van der Waals surface area contributed by atoms with Gasteiger partial charge in [-0.25, -0.2) is 4.79 Å². The SMILES string of the molecule is CCCCCc1c(C)sc(N)c1C(=O)O. The van der Waals surface area contributed by atoms with Crippen LogP contribution in [0.4, 0.5) is 5.00 Å².